The third-order valence-electron chi connectivity index (χ3n) is 2.93. The first-order valence-corrected chi connectivity index (χ1v) is 6.41. The van der Waals surface area contributed by atoms with Crippen molar-refractivity contribution in [1.82, 2.24) is 15.2 Å². The molecule has 0 spiro atoms. The Morgan fingerprint density at radius 3 is 2.78 bits per heavy atom. The zero-order valence-corrected chi connectivity index (χ0v) is 11.1. The lowest BCUT2D eigenvalue weighted by atomic mass is 10.2. The van der Waals surface area contributed by atoms with E-state index in [0.29, 0.717) is 18.5 Å². The molecule has 0 bridgehead atoms. The van der Waals surface area contributed by atoms with Crippen LogP contribution in [0.25, 0.3) is 0 Å². The van der Waals surface area contributed by atoms with Gasteiger partial charge in [-0.15, -0.1) is 5.10 Å². The zero-order valence-electron chi connectivity index (χ0n) is 11.1. The lowest BCUT2D eigenvalue weighted by molar-refractivity contribution is -0.126. The van der Waals surface area contributed by atoms with Crippen LogP contribution in [0.2, 0.25) is 0 Å². The van der Waals surface area contributed by atoms with Crippen LogP contribution in [0.4, 0.5) is 5.95 Å². The number of anilines is 1. The minimum atomic E-state index is -0.466. The zero-order chi connectivity index (χ0) is 13.1. The van der Waals surface area contributed by atoms with Crippen molar-refractivity contribution in [2.45, 2.75) is 45.6 Å². The van der Waals surface area contributed by atoms with Crippen molar-refractivity contribution in [3.8, 4) is 0 Å². The van der Waals surface area contributed by atoms with Gasteiger partial charge in [0, 0.05) is 5.92 Å². The van der Waals surface area contributed by atoms with Crippen LogP contribution in [0.1, 0.15) is 45.4 Å². The second-order valence-electron chi connectivity index (χ2n) is 5.11. The molecule has 1 aliphatic carbocycles. The molecule has 0 radical (unpaired) electrons. The van der Waals surface area contributed by atoms with Crippen LogP contribution in [-0.2, 0) is 9.53 Å². The molecule has 1 aliphatic rings. The first kappa shape index (κ1) is 13.0. The van der Waals surface area contributed by atoms with E-state index in [1.165, 1.54) is 12.8 Å². The summed E-state index contributed by atoms with van der Waals surface area (Å²) in [4.78, 5) is 16.0. The Labute approximate surface area is 107 Å². The first-order valence-electron chi connectivity index (χ1n) is 6.41. The number of aromatic amines is 1. The number of amides is 1. The quantitative estimate of drug-likeness (QED) is 0.807. The standard InChI is InChI=1S/C12H20N4O2/c1-7(2)10-13-12(16-15-10)14-11(17)8(3)18-6-9-4-5-9/h7-9H,4-6H2,1-3H3,(H2,13,14,15,16,17)/t8-/m0/s1. The van der Waals surface area contributed by atoms with Gasteiger partial charge in [-0.3, -0.25) is 15.2 Å². The second kappa shape index (κ2) is 5.48. The van der Waals surface area contributed by atoms with Crippen LogP contribution in [0.3, 0.4) is 0 Å². The van der Waals surface area contributed by atoms with E-state index in [-0.39, 0.29) is 11.8 Å². The van der Waals surface area contributed by atoms with Crippen LogP contribution >= 0.6 is 0 Å². The minimum Gasteiger partial charge on any atom is -0.368 e. The van der Waals surface area contributed by atoms with Crippen LogP contribution in [0.15, 0.2) is 0 Å². The number of H-pyrrole nitrogens is 1. The maximum absolute atomic E-state index is 11.8. The number of carbonyl (C=O) groups excluding carboxylic acids is 1. The molecule has 1 aromatic heterocycles. The molecule has 6 heteroatoms. The molecule has 1 saturated carbocycles. The molecule has 0 aromatic carbocycles. The molecule has 2 rings (SSSR count). The number of ether oxygens (including phenoxy) is 1. The van der Waals surface area contributed by atoms with E-state index in [4.69, 9.17) is 4.74 Å². The summed E-state index contributed by atoms with van der Waals surface area (Å²) < 4.78 is 5.48. The van der Waals surface area contributed by atoms with Gasteiger partial charge in [0.25, 0.3) is 5.91 Å². The van der Waals surface area contributed by atoms with Gasteiger partial charge in [0.15, 0.2) is 0 Å². The normalized spacial score (nSPS) is 16.9. The molecule has 1 heterocycles. The summed E-state index contributed by atoms with van der Waals surface area (Å²) in [7, 11) is 0. The Hall–Kier alpha value is -1.43. The molecule has 2 N–H and O–H groups in total. The number of aromatic nitrogens is 3. The van der Waals surface area contributed by atoms with E-state index in [9.17, 15) is 4.79 Å². The lowest BCUT2D eigenvalue weighted by Crippen LogP contribution is -2.28. The van der Waals surface area contributed by atoms with Crippen molar-refractivity contribution in [2.75, 3.05) is 11.9 Å². The lowest BCUT2D eigenvalue weighted by Gasteiger charge is -2.11. The number of hydrogen-bond acceptors (Lipinski definition) is 4. The molecule has 0 saturated heterocycles. The van der Waals surface area contributed by atoms with Crippen LogP contribution < -0.4 is 5.32 Å². The molecule has 1 atom stereocenters. The Morgan fingerprint density at radius 1 is 1.50 bits per heavy atom. The van der Waals surface area contributed by atoms with E-state index in [0.717, 1.165) is 5.82 Å². The number of rotatable bonds is 6. The van der Waals surface area contributed by atoms with Crippen LogP contribution in [0.5, 0.6) is 0 Å². The number of nitrogens with one attached hydrogen (secondary N) is 2. The Bertz CT molecular complexity index is 412. The predicted molar refractivity (Wildman–Crippen MR) is 67.2 cm³/mol. The van der Waals surface area contributed by atoms with Gasteiger partial charge in [0.1, 0.15) is 11.9 Å². The fourth-order valence-corrected chi connectivity index (χ4v) is 1.44. The fourth-order valence-electron chi connectivity index (χ4n) is 1.44. The molecule has 100 valence electrons. The van der Waals surface area contributed by atoms with Crippen molar-refractivity contribution in [3.63, 3.8) is 0 Å². The summed E-state index contributed by atoms with van der Waals surface area (Å²) in [6.45, 7) is 6.43. The molecular weight excluding hydrogens is 232 g/mol. The third kappa shape index (κ3) is 3.53. The van der Waals surface area contributed by atoms with Crippen molar-refractivity contribution in [3.05, 3.63) is 5.82 Å². The highest BCUT2D eigenvalue weighted by Crippen LogP contribution is 2.29. The van der Waals surface area contributed by atoms with Gasteiger partial charge >= 0.3 is 0 Å². The average molecular weight is 252 g/mol. The highest BCUT2D eigenvalue weighted by Gasteiger charge is 2.24. The van der Waals surface area contributed by atoms with E-state index < -0.39 is 6.10 Å². The SMILES string of the molecule is CC(C)c1nc(NC(=O)[C@H](C)OCC2CC2)n[nH]1. The highest BCUT2D eigenvalue weighted by atomic mass is 16.5. The molecule has 18 heavy (non-hydrogen) atoms. The highest BCUT2D eigenvalue weighted by molar-refractivity contribution is 5.92. The van der Waals surface area contributed by atoms with E-state index >= 15 is 0 Å². The summed E-state index contributed by atoms with van der Waals surface area (Å²) in [5, 5.41) is 9.38. The maximum atomic E-state index is 11.8. The number of carbonyl (C=O) groups is 1. The Balaban J connectivity index is 1.80. The minimum absolute atomic E-state index is 0.204. The molecule has 0 unspecified atom stereocenters. The van der Waals surface area contributed by atoms with Crippen molar-refractivity contribution in [2.24, 2.45) is 5.92 Å². The topological polar surface area (TPSA) is 79.9 Å². The number of hydrogen-bond donors (Lipinski definition) is 2. The fraction of sp³-hybridized carbons (Fsp3) is 0.750. The van der Waals surface area contributed by atoms with Gasteiger partial charge in [0.2, 0.25) is 5.95 Å². The molecule has 1 amide bonds. The molecule has 0 aliphatic heterocycles. The van der Waals surface area contributed by atoms with Crippen molar-refractivity contribution >= 4 is 11.9 Å². The molecular formula is C12H20N4O2. The van der Waals surface area contributed by atoms with Gasteiger partial charge in [-0.2, -0.15) is 4.98 Å². The van der Waals surface area contributed by atoms with Gasteiger partial charge in [-0.25, -0.2) is 0 Å². The largest absolute Gasteiger partial charge is 0.368 e. The Morgan fingerprint density at radius 2 is 2.22 bits per heavy atom. The maximum Gasteiger partial charge on any atom is 0.255 e. The second-order valence-corrected chi connectivity index (χ2v) is 5.11. The molecule has 1 aromatic rings. The molecule has 1 fully saturated rings. The van der Waals surface area contributed by atoms with Gasteiger partial charge in [0.05, 0.1) is 6.61 Å². The first-order chi connectivity index (χ1) is 8.56. The summed E-state index contributed by atoms with van der Waals surface area (Å²) in [5.74, 6) is 1.77. The number of nitrogens with zero attached hydrogens (tertiary/aromatic N) is 2. The monoisotopic (exact) mass is 252 g/mol. The molecule has 6 nitrogen and oxygen atoms in total. The van der Waals surface area contributed by atoms with Crippen LogP contribution in [0, 0.1) is 5.92 Å². The van der Waals surface area contributed by atoms with Crippen molar-refractivity contribution < 1.29 is 9.53 Å². The summed E-state index contributed by atoms with van der Waals surface area (Å²) in [5.41, 5.74) is 0. The average Bonchev–Trinajstić information content (AvgIpc) is 3.04. The van der Waals surface area contributed by atoms with Crippen molar-refractivity contribution in [1.29, 1.82) is 0 Å². The summed E-state index contributed by atoms with van der Waals surface area (Å²) >= 11 is 0. The van der Waals surface area contributed by atoms with Gasteiger partial charge in [-0.1, -0.05) is 13.8 Å². The predicted octanol–water partition coefficient (Wildman–Crippen LogP) is 1.68. The van der Waals surface area contributed by atoms with Crippen LogP contribution in [-0.4, -0.2) is 33.8 Å². The van der Waals surface area contributed by atoms with E-state index in [1.807, 2.05) is 13.8 Å². The van der Waals surface area contributed by atoms with E-state index in [2.05, 4.69) is 20.5 Å². The van der Waals surface area contributed by atoms with E-state index in [1.54, 1.807) is 6.92 Å². The third-order valence-corrected chi connectivity index (χ3v) is 2.93. The van der Waals surface area contributed by atoms with Gasteiger partial charge < -0.3 is 4.74 Å². The smallest absolute Gasteiger partial charge is 0.255 e. The van der Waals surface area contributed by atoms with Gasteiger partial charge in [-0.05, 0) is 25.7 Å². The Kier molecular flexibility index (Phi) is 3.96. The summed E-state index contributed by atoms with van der Waals surface area (Å²) in [6.07, 6.45) is 1.96. The summed E-state index contributed by atoms with van der Waals surface area (Å²) in [6, 6.07) is 0.